The van der Waals surface area contributed by atoms with E-state index in [1.165, 1.54) is 0 Å². The van der Waals surface area contributed by atoms with Gasteiger partial charge in [-0.15, -0.1) is 11.3 Å². The average Bonchev–Trinajstić information content (AvgIpc) is 3.42. The number of rotatable bonds is 4. The molecular weight excluding hydrogens is 374 g/mol. The first kappa shape index (κ1) is 17.9. The molecule has 0 spiro atoms. The Morgan fingerprint density at radius 1 is 1.32 bits per heavy atom. The van der Waals surface area contributed by atoms with Gasteiger partial charge in [0.05, 0.1) is 43.3 Å². The van der Waals surface area contributed by atoms with Gasteiger partial charge in [-0.05, 0) is 29.6 Å². The summed E-state index contributed by atoms with van der Waals surface area (Å²) < 4.78 is 1.82. The molecule has 7 nitrogen and oxygen atoms in total. The third-order valence-electron chi connectivity index (χ3n) is 4.67. The molecule has 8 heteroatoms. The topological polar surface area (TPSA) is 91.0 Å². The first-order chi connectivity index (χ1) is 13.7. The summed E-state index contributed by atoms with van der Waals surface area (Å²) in [6, 6.07) is 12.0. The number of fused-ring (bicyclic) bond motifs is 1. The Morgan fingerprint density at radius 3 is 3.00 bits per heavy atom. The molecule has 0 saturated heterocycles. The fraction of sp³-hybridized carbons (Fsp3) is 0.200. The smallest absolute Gasteiger partial charge is 0.254 e. The lowest BCUT2D eigenvalue weighted by Crippen LogP contribution is -2.46. The predicted molar refractivity (Wildman–Crippen MR) is 103 cm³/mol. The van der Waals surface area contributed by atoms with Crippen LogP contribution in [-0.2, 0) is 17.9 Å². The first-order valence-corrected chi connectivity index (χ1v) is 9.64. The summed E-state index contributed by atoms with van der Waals surface area (Å²) in [5, 5.41) is 14.0. The van der Waals surface area contributed by atoms with Crippen LogP contribution in [0.15, 0.2) is 54.3 Å². The molecule has 2 amide bonds. The van der Waals surface area contributed by atoms with E-state index < -0.39 is 6.04 Å². The minimum Gasteiger partial charge on any atom is -0.349 e. The fourth-order valence-electron chi connectivity index (χ4n) is 3.27. The Bertz CT molecular complexity index is 1050. The Balaban J connectivity index is 1.54. The number of hydrogen-bond acceptors (Lipinski definition) is 5. The zero-order chi connectivity index (χ0) is 19.5. The van der Waals surface area contributed by atoms with Crippen LogP contribution in [0.5, 0.6) is 0 Å². The summed E-state index contributed by atoms with van der Waals surface area (Å²) in [5.41, 5.74) is 1.66. The second kappa shape index (κ2) is 7.66. The molecule has 28 heavy (non-hydrogen) atoms. The lowest BCUT2D eigenvalue weighted by Gasteiger charge is -2.33. The van der Waals surface area contributed by atoms with E-state index in [0.29, 0.717) is 24.2 Å². The van der Waals surface area contributed by atoms with Crippen LogP contribution >= 0.6 is 11.3 Å². The van der Waals surface area contributed by atoms with Crippen LogP contribution in [0.2, 0.25) is 0 Å². The lowest BCUT2D eigenvalue weighted by atomic mass is 10.1. The highest BCUT2D eigenvalue weighted by Gasteiger charge is 2.32. The van der Waals surface area contributed by atoms with Crippen molar-refractivity contribution >= 4 is 23.2 Å². The number of aromatic nitrogens is 2. The average molecular weight is 391 g/mol. The largest absolute Gasteiger partial charge is 0.349 e. The van der Waals surface area contributed by atoms with Gasteiger partial charge < -0.3 is 14.8 Å². The van der Waals surface area contributed by atoms with Gasteiger partial charge in [0.2, 0.25) is 5.91 Å². The quantitative estimate of drug-likeness (QED) is 0.739. The van der Waals surface area contributed by atoms with E-state index in [9.17, 15) is 9.59 Å². The van der Waals surface area contributed by atoms with E-state index in [-0.39, 0.29) is 18.4 Å². The van der Waals surface area contributed by atoms with Crippen LogP contribution in [0.25, 0.3) is 0 Å². The number of nitriles is 1. The maximum atomic E-state index is 13.0. The van der Waals surface area contributed by atoms with Gasteiger partial charge >= 0.3 is 0 Å². The number of carbonyl (C=O) groups is 2. The van der Waals surface area contributed by atoms with Crippen molar-refractivity contribution in [2.45, 2.75) is 19.1 Å². The van der Waals surface area contributed by atoms with Crippen molar-refractivity contribution in [3.8, 4) is 6.07 Å². The Labute approximate surface area is 165 Å². The number of carbonyl (C=O) groups excluding carboxylic acids is 2. The van der Waals surface area contributed by atoms with Gasteiger partial charge in [0.25, 0.3) is 5.91 Å². The van der Waals surface area contributed by atoms with Gasteiger partial charge in [-0.3, -0.25) is 9.59 Å². The van der Waals surface area contributed by atoms with Crippen molar-refractivity contribution in [1.29, 1.82) is 5.26 Å². The zero-order valence-electron chi connectivity index (χ0n) is 14.9. The molecule has 0 fully saturated rings. The number of benzene rings is 1. The lowest BCUT2D eigenvalue weighted by molar-refractivity contribution is -0.125. The Morgan fingerprint density at radius 2 is 2.21 bits per heavy atom. The second-order valence-electron chi connectivity index (χ2n) is 6.48. The van der Waals surface area contributed by atoms with Crippen molar-refractivity contribution in [2.24, 2.45) is 0 Å². The molecule has 1 N–H and O–H groups in total. The normalized spacial score (nSPS) is 15.5. The van der Waals surface area contributed by atoms with Crippen molar-refractivity contribution in [3.05, 3.63) is 76.0 Å². The SMILES string of the molecule is N#Cc1cccc(C(=O)N2Cc3cncn3C(C(=O)NCc3cccs3)C2)c1. The number of nitrogens with zero attached hydrogens (tertiary/aromatic N) is 4. The van der Waals surface area contributed by atoms with Crippen LogP contribution < -0.4 is 5.32 Å². The zero-order valence-corrected chi connectivity index (χ0v) is 15.7. The third kappa shape index (κ3) is 3.52. The monoisotopic (exact) mass is 391 g/mol. The van der Waals surface area contributed by atoms with E-state index in [4.69, 9.17) is 5.26 Å². The molecule has 4 rings (SSSR count). The second-order valence-corrected chi connectivity index (χ2v) is 7.52. The van der Waals surface area contributed by atoms with E-state index in [2.05, 4.69) is 10.3 Å². The minimum atomic E-state index is -0.547. The minimum absolute atomic E-state index is 0.157. The van der Waals surface area contributed by atoms with E-state index in [1.54, 1.807) is 53.0 Å². The number of hydrogen-bond donors (Lipinski definition) is 1. The molecule has 0 bridgehead atoms. The van der Waals surface area contributed by atoms with Crippen molar-refractivity contribution in [1.82, 2.24) is 19.8 Å². The van der Waals surface area contributed by atoms with Gasteiger partial charge in [-0.1, -0.05) is 12.1 Å². The van der Waals surface area contributed by atoms with E-state index in [1.807, 2.05) is 28.1 Å². The predicted octanol–water partition coefficient (Wildman–Crippen LogP) is 2.33. The number of imidazole rings is 1. The molecular formula is C20H17N5O2S. The van der Waals surface area contributed by atoms with Crippen LogP contribution in [0.1, 0.15) is 32.5 Å². The molecule has 0 aliphatic carbocycles. The number of thiophene rings is 1. The number of nitrogens with one attached hydrogen (secondary N) is 1. The molecule has 0 saturated carbocycles. The van der Waals surface area contributed by atoms with Crippen molar-refractivity contribution in [2.75, 3.05) is 6.54 Å². The summed E-state index contributed by atoms with van der Waals surface area (Å²) in [5.74, 6) is -0.364. The van der Waals surface area contributed by atoms with Gasteiger partial charge in [0.15, 0.2) is 0 Å². The van der Waals surface area contributed by atoms with Crippen LogP contribution in [0.3, 0.4) is 0 Å². The molecule has 1 aromatic carbocycles. The van der Waals surface area contributed by atoms with E-state index in [0.717, 1.165) is 10.6 Å². The number of amides is 2. The molecule has 1 atom stereocenters. The van der Waals surface area contributed by atoms with Crippen molar-refractivity contribution < 1.29 is 9.59 Å². The Kier molecular flexibility index (Phi) is 4.91. The summed E-state index contributed by atoms with van der Waals surface area (Å²) in [4.78, 5) is 32.6. The third-order valence-corrected chi connectivity index (χ3v) is 5.55. The molecule has 1 aliphatic rings. The van der Waals surface area contributed by atoms with Crippen LogP contribution in [0.4, 0.5) is 0 Å². The highest BCUT2D eigenvalue weighted by atomic mass is 32.1. The molecule has 3 heterocycles. The summed E-state index contributed by atoms with van der Waals surface area (Å²) in [6.07, 6.45) is 3.30. The highest BCUT2D eigenvalue weighted by Crippen LogP contribution is 2.23. The molecule has 140 valence electrons. The van der Waals surface area contributed by atoms with Crippen LogP contribution in [0, 0.1) is 11.3 Å². The molecule has 3 aromatic rings. The molecule has 2 aromatic heterocycles. The van der Waals surface area contributed by atoms with Gasteiger partial charge in [-0.2, -0.15) is 5.26 Å². The Hall–Kier alpha value is -3.44. The standard InChI is InChI=1S/C20H17N5O2S/c21-8-14-3-1-4-15(7-14)20(27)24-11-16-9-22-13-25(16)18(12-24)19(26)23-10-17-5-2-6-28-17/h1-7,9,13,18H,10-12H2,(H,23,26). The first-order valence-electron chi connectivity index (χ1n) is 8.76. The highest BCUT2D eigenvalue weighted by molar-refractivity contribution is 7.09. The van der Waals surface area contributed by atoms with Crippen LogP contribution in [-0.4, -0.2) is 32.8 Å². The maximum Gasteiger partial charge on any atom is 0.254 e. The van der Waals surface area contributed by atoms with Crippen molar-refractivity contribution in [3.63, 3.8) is 0 Å². The van der Waals surface area contributed by atoms with Gasteiger partial charge in [0, 0.05) is 16.6 Å². The maximum absolute atomic E-state index is 13.0. The van der Waals surface area contributed by atoms with E-state index >= 15 is 0 Å². The summed E-state index contributed by atoms with van der Waals surface area (Å²) in [6.45, 7) is 1.06. The molecule has 1 unspecified atom stereocenters. The fourth-order valence-corrected chi connectivity index (χ4v) is 3.91. The summed E-state index contributed by atoms with van der Waals surface area (Å²) in [7, 11) is 0. The van der Waals surface area contributed by atoms with Gasteiger partial charge in [0.1, 0.15) is 6.04 Å². The van der Waals surface area contributed by atoms with Gasteiger partial charge in [-0.25, -0.2) is 4.98 Å². The molecule has 1 aliphatic heterocycles. The molecule has 0 radical (unpaired) electrons. The summed E-state index contributed by atoms with van der Waals surface area (Å²) >= 11 is 1.58.